The summed E-state index contributed by atoms with van der Waals surface area (Å²) in [5.41, 5.74) is 2.90. The van der Waals surface area contributed by atoms with Crippen molar-refractivity contribution in [2.24, 2.45) is 0 Å². The summed E-state index contributed by atoms with van der Waals surface area (Å²) in [6.45, 7) is 1.25. The van der Waals surface area contributed by atoms with E-state index in [4.69, 9.17) is 11.6 Å². The van der Waals surface area contributed by atoms with Crippen molar-refractivity contribution in [3.8, 4) is 0 Å². The lowest BCUT2D eigenvalue weighted by atomic mass is 10.2. The van der Waals surface area contributed by atoms with E-state index in [1.54, 1.807) is 18.2 Å². The fourth-order valence-corrected chi connectivity index (χ4v) is 2.83. The second kappa shape index (κ2) is 5.88. The summed E-state index contributed by atoms with van der Waals surface area (Å²) in [5.74, 6) is -0.341. The lowest BCUT2D eigenvalue weighted by Gasteiger charge is -2.07. The number of hydrogen-bond acceptors (Lipinski definition) is 1. The highest BCUT2D eigenvalue weighted by Gasteiger charge is 2.11. The topological polar surface area (TPSA) is 17.0 Å². The van der Waals surface area contributed by atoms with Crippen LogP contribution in [0.15, 0.2) is 48.7 Å². The highest BCUT2D eigenvalue weighted by atomic mass is 35.5. The van der Waals surface area contributed by atoms with Crippen molar-refractivity contribution in [1.82, 2.24) is 9.88 Å². The van der Waals surface area contributed by atoms with Crippen LogP contribution < -0.4 is 5.32 Å². The molecule has 0 aliphatic heterocycles. The molecule has 0 amide bonds. The fraction of sp³-hybridized carbons (Fsp3) is 0.176. The number of fused-ring (bicyclic) bond motifs is 1. The molecular weight excluding hydrogens is 287 g/mol. The van der Waals surface area contributed by atoms with Crippen LogP contribution in [0.3, 0.4) is 0 Å². The van der Waals surface area contributed by atoms with E-state index in [1.807, 2.05) is 19.2 Å². The molecule has 0 fully saturated rings. The maximum Gasteiger partial charge on any atom is 0.146 e. The minimum Gasteiger partial charge on any atom is -0.343 e. The molecule has 2 nitrogen and oxygen atoms in total. The van der Waals surface area contributed by atoms with Gasteiger partial charge in [-0.15, -0.1) is 0 Å². The van der Waals surface area contributed by atoms with E-state index in [2.05, 4.69) is 28.2 Å². The summed E-state index contributed by atoms with van der Waals surface area (Å²) in [5, 5.41) is 4.52. The molecule has 0 saturated heterocycles. The van der Waals surface area contributed by atoms with Gasteiger partial charge in [-0.25, -0.2) is 4.39 Å². The van der Waals surface area contributed by atoms with E-state index in [1.165, 1.54) is 10.9 Å². The van der Waals surface area contributed by atoms with Gasteiger partial charge < -0.3 is 9.88 Å². The lowest BCUT2D eigenvalue weighted by Crippen LogP contribution is -2.04. The average molecular weight is 303 g/mol. The smallest absolute Gasteiger partial charge is 0.146 e. The molecule has 0 unspecified atom stereocenters. The van der Waals surface area contributed by atoms with Gasteiger partial charge in [-0.05, 0) is 24.7 Å². The zero-order valence-corrected chi connectivity index (χ0v) is 12.5. The normalized spacial score (nSPS) is 11.2. The van der Waals surface area contributed by atoms with E-state index < -0.39 is 0 Å². The first-order valence-electron chi connectivity index (χ1n) is 6.85. The molecule has 0 bridgehead atoms. The van der Waals surface area contributed by atoms with E-state index in [0.717, 1.165) is 12.1 Å². The molecule has 3 rings (SSSR count). The van der Waals surface area contributed by atoms with Crippen molar-refractivity contribution < 1.29 is 4.39 Å². The molecule has 108 valence electrons. The van der Waals surface area contributed by atoms with Gasteiger partial charge in [0, 0.05) is 29.2 Å². The molecule has 2 aromatic carbocycles. The molecule has 1 N–H and O–H groups in total. The first-order chi connectivity index (χ1) is 10.2. The minimum absolute atomic E-state index is 0.166. The van der Waals surface area contributed by atoms with Gasteiger partial charge >= 0.3 is 0 Å². The fourth-order valence-electron chi connectivity index (χ4n) is 2.64. The average Bonchev–Trinajstić information content (AvgIpc) is 2.83. The van der Waals surface area contributed by atoms with Crippen LogP contribution in [0.25, 0.3) is 10.9 Å². The van der Waals surface area contributed by atoms with Crippen LogP contribution in [0.2, 0.25) is 5.02 Å². The Kier molecular flexibility index (Phi) is 3.95. The molecule has 4 heteroatoms. The number of nitrogens with one attached hydrogen (secondary N) is 1. The summed E-state index contributed by atoms with van der Waals surface area (Å²) >= 11 is 5.86. The van der Waals surface area contributed by atoms with Crippen molar-refractivity contribution >= 4 is 22.5 Å². The molecule has 0 aliphatic carbocycles. The number of benzene rings is 2. The molecular formula is C17H16ClFN2. The van der Waals surface area contributed by atoms with Crippen LogP contribution in [-0.4, -0.2) is 11.6 Å². The molecule has 0 aliphatic rings. The zero-order chi connectivity index (χ0) is 14.8. The number of halogens is 2. The third kappa shape index (κ3) is 2.67. The number of para-hydroxylation sites is 1. The van der Waals surface area contributed by atoms with Gasteiger partial charge in [0.15, 0.2) is 0 Å². The van der Waals surface area contributed by atoms with Crippen LogP contribution in [-0.2, 0) is 13.1 Å². The van der Waals surface area contributed by atoms with Gasteiger partial charge in [0.2, 0.25) is 0 Å². The minimum atomic E-state index is -0.341. The van der Waals surface area contributed by atoms with Crippen LogP contribution in [0.5, 0.6) is 0 Å². The second-order valence-corrected chi connectivity index (χ2v) is 5.45. The van der Waals surface area contributed by atoms with E-state index >= 15 is 0 Å². The van der Waals surface area contributed by atoms with Gasteiger partial charge in [0.25, 0.3) is 0 Å². The summed E-state index contributed by atoms with van der Waals surface area (Å²) in [4.78, 5) is 0. The Morgan fingerprint density at radius 3 is 2.71 bits per heavy atom. The van der Waals surface area contributed by atoms with Gasteiger partial charge in [-0.3, -0.25) is 0 Å². The molecule has 3 aromatic rings. The summed E-state index contributed by atoms with van der Waals surface area (Å²) in [6.07, 6.45) is 2.07. The molecule has 1 aromatic heterocycles. The van der Waals surface area contributed by atoms with Crippen LogP contribution in [0.4, 0.5) is 4.39 Å². The van der Waals surface area contributed by atoms with Gasteiger partial charge in [0.05, 0.1) is 11.6 Å². The van der Waals surface area contributed by atoms with Crippen LogP contribution >= 0.6 is 11.6 Å². The number of rotatable bonds is 4. The summed E-state index contributed by atoms with van der Waals surface area (Å²) in [6, 6.07) is 13.3. The molecule has 0 saturated carbocycles. The monoisotopic (exact) mass is 302 g/mol. The first-order valence-corrected chi connectivity index (χ1v) is 7.22. The van der Waals surface area contributed by atoms with Crippen LogP contribution in [0, 0.1) is 5.82 Å². The zero-order valence-electron chi connectivity index (χ0n) is 11.7. The largest absolute Gasteiger partial charge is 0.343 e. The van der Waals surface area contributed by atoms with Crippen molar-refractivity contribution in [2.75, 3.05) is 7.05 Å². The maximum absolute atomic E-state index is 14.1. The van der Waals surface area contributed by atoms with E-state index in [9.17, 15) is 4.39 Å². The summed E-state index contributed by atoms with van der Waals surface area (Å²) < 4.78 is 16.2. The molecule has 0 spiro atoms. The Bertz CT molecular complexity index is 780. The standard InChI is InChI=1S/C17H16ClFN2/c1-20-9-13-11-21(16-8-3-2-6-14(13)16)10-12-5-4-7-15(18)17(12)19/h2-8,11,20H,9-10H2,1H3. The molecule has 1 heterocycles. The quantitative estimate of drug-likeness (QED) is 0.764. The van der Waals surface area contributed by atoms with Gasteiger partial charge in [-0.1, -0.05) is 41.9 Å². The highest BCUT2D eigenvalue weighted by Crippen LogP contribution is 2.24. The van der Waals surface area contributed by atoms with Gasteiger partial charge in [-0.2, -0.15) is 0 Å². The SMILES string of the molecule is CNCc1cn(Cc2cccc(Cl)c2F)c2ccccc12. The number of hydrogen-bond donors (Lipinski definition) is 1. The third-order valence-electron chi connectivity index (χ3n) is 3.61. The van der Waals surface area contributed by atoms with Gasteiger partial charge in [0.1, 0.15) is 5.82 Å². The predicted molar refractivity (Wildman–Crippen MR) is 85.2 cm³/mol. The van der Waals surface area contributed by atoms with Crippen LogP contribution in [0.1, 0.15) is 11.1 Å². The van der Waals surface area contributed by atoms with Crippen molar-refractivity contribution in [1.29, 1.82) is 0 Å². The highest BCUT2D eigenvalue weighted by molar-refractivity contribution is 6.30. The number of nitrogens with zero attached hydrogens (tertiary/aromatic N) is 1. The second-order valence-electron chi connectivity index (χ2n) is 5.04. The Hall–Kier alpha value is -1.84. The lowest BCUT2D eigenvalue weighted by molar-refractivity contribution is 0.602. The third-order valence-corrected chi connectivity index (χ3v) is 3.90. The van der Waals surface area contributed by atoms with E-state index in [0.29, 0.717) is 12.1 Å². The summed E-state index contributed by atoms with van der Waals surface area (Å²) in [7, 11) is 1.92. The Morgan fingerprint density at radius 2 is 1.90 bits per heavy atom. The first kappa shape index (κ1) is 14.1. The Morgan fingerprint density at radius 1 is 1.10 bits per heavy atom. The number of aromatic nitrogens is 1. The molecule has 0 atom stereocenters. The maximum atomic E-state index is 14.1. The predicted octanol–water partition coefficient (Wildman–Crippen LogP) is 4.20. The Labute approximate surface area is 128 Å². The van der Waals surface area contributed by atoms with Crippen molar-refractivity contribution in [3.05, 3.63) is 70.6 Å². The molecule has 0 radical (unpaired) electrons. The van der Waals surface area contributed by atoms with Crippen molar-refractivity contribution in [2.45, 2.75) is 13.1 Å². The molecule has 21 heavy (non-hydrogen) atoms. The van der Waals surface area contributed by atoms with Crippen molar-refractivity contribution in [3.63, 3.8) is 0 Å². The van der Waals surface area contributed by atoms with E-state index in [-0.39, 0.29) is 10.8 Å². The Balaban J connectivity index is 2.06.